The van der Waals surface area contributed by atoms with Gasteiger partial charge in [-0.3, -0.25) is 4.79 Å². The Morgan fingerprint density at radius 3 is 2.33 bits per heavy atom. The summed E-state index contributed by atoms with van der Waals surface area (Å²) in [6.45, 7) is 0.788. The topological polar surface area (TPSA) is 54.3 Å². The van der Waals surface area contributed by atoms with Gasteiger partial charge >= 0.3 is 0 Å². The Hall–Kier alpha value is -2.17. The Bertz CT molecular complexity index is 657. The number of amides is 1. The van der Waals surface area contributed by atoms with Crippen LogP contribution in [0.5, 0.6) is 0 Å². The van der Waals surface area contributed by atoms with Crippen LogP contribution >= 0.6 is 0 Å². The van der Waals surface area contributed by atoms with Crippen molar-refractivity contribution in [1.29, 1.82) is 0 Å². The number of likely N-dealkylation sites (N-methyl/N-ethyl adjacent to an activating group) is 1. The molecule has 4 nitrogen and oxygen atoms in total. The fourth-order valence-corrected chi connectivity index (χ4v) is 3.02. The van der Waals surface area contributed by atoms with Gasteiger partial charge in [0.25, 0.3) is 0 Å². The molecule has 1 heterocycles. The lowest BCUT2D eigenvalue weighted by molar-refractivity contribution is -0.130. The molecule has 24 heavy (non-hydrogen) atoms. The molecule has 2 aromatic rings. The van der Waals surface area contributed by atoms with Crippen LogP contribution in [0.3, 0.4) is 0 Å². The normalized spacial score (nSPS) is 20.4. The maximum atomic E-state index is 12.5. The van der Waals surface area contributed by atoms with E-state index in [4.69, 9.17) is 0 Å². The molecule has 0 aromatic heterocycles. The van der Waals surface area contributed by atoms with E-state index in [0.717, 1.165) is 6.54 Å². The molecule has 3 rings (SSSR count). The van der Waals surface area contributed by atoms with Gasteiger partial charge in [0, 0.05) is 32.7 Å². The molecule has 2 N–H and O–H groups in total. The van der Waals surface area contributed by atoms with Crippen molar-refractivity contribution in [3.63, 3.8) is 0 Å². The summed E-state index contributed by atoms with van der Waals surface area (Å²) < 4.78 is 0. The zero-order chi connectivity index (χ0) is 16.9. The van der Waals surface area contributed by atoms with E-state index >= 15 is 0 Å². The summed E-state index contributed by atoms with van der Waals surface area (Å²) in [5, 5.41) is 6.94. The standard InChI is InChI=1S/C20H25N3O/c1-23(2)20(24)17(13-15-9-5-3-6-10-15)21-14-18-19(22-18)16-11-7-4-8-12-16/h3-12,17-19,21-22H,13-14H2,1-2H3/t17-,18?,19?/m0/s1. The van der Waals surface area contributed by atoms with E-state index in [0.29, 0.717) is 18.5 Å². The lowest BCUT2D eigenvalue weighted by atomic mass is 10.0. The molecular weight excluding hydrogens is 298 g/mol. The lowest BCUT2D eigenvalue weighted by Gasteiger charge is -2.22. The highest BCUT2D eigenvalue weighted by Gasteiger charge is 2.37. The summed E-state index contributed by atoms with van der Waals surface area (Å²) in [6, 6.07) is 21.2. The maximum Gasteiger partial charge on any atom is 0.239 e. The molecule has 3 atom stereocenters. The minimum atomic E-state index is -0.193. The van der Waals surface area contributed by atoms with Gasteiger partial charge in [-0.2, -0.15) is 0 Å². The van der Waals surface area contributed by atoms with Crippen LogP contribution in [0.15, 0.2) is 60.7 Å². The van der Waals surface area contributed by atoms with E-state index in [-0.39, 0.29) is 11.9 Å². The number of nitrogens with zero attached hydrogens (tertiary/aromatic N) is 1. The third-order valence-electron chi connectivity index (χ3n) is 4.45. The number of hydrogen-bond acceptors (Lipinski definition) is 3. The van der Waals surface area contributed by atoms with E-state index in [2.05, 4.69) is 47.0 Å². The van der Waals surface area contributed by atoms with Crippen molar-refractivity contribution in [2.45, 2.75) is 24.5 Å². The molecule has 1 fully saturated rings. The summed E-state index contributed by atoms with van der Waals surface area (Å²) in [6.07, 6.45) is 0.709. The van der Waals surface area contributed by atoms with Gasteiger partial charge in [-0.15, -0.1) is 0 Å². The molecule has 2 unspecified atom stereocenters. The highest BCUT2D eigenvalue weighted by molar-refractivity contribution is 5.81. The number of hydrogen-bond donors (Lipinski definition) is 2. The fourth-order valence-electron chi connectivity index (χ4n) is 3.02. The molecule has 0 aliphatic carbocycles. The SMILES string of the molecule is CN(C)C(=O)[C@H](Cc1ccccc1)NCC1NC1c1ccccc1. The average molecular weight is 323 g/mol. The first-order chi connectivity index (χ1) is 11.6. The molecule has 0 bridgehead atoms. The fraction of sp³-hybridized carbons (Fsp3) is 0.350. The van der Waals surface area contributed by atoms with Crippen LogP contribution in [0.25, 0.3) is 0 Å². The highest BCUT2D eigenvalue weighted by Crippen LogP contribution is 2.28. The molecule has 0 radical (unpaired) electrons. The highest BCUT2D eigenvalue weighted by atomic mass is 16.2. The van der Waals surface area contributed by atoms with Crippen LogP contribution in [0, 0.1) is 0 Å². The summed E-state index contributed by atoms with van der Waals surface area (Å²) in [5.41, 5.74) is 2.48. The van der Waals surface area contributed by atoms with Crippen molar-refractivity contribution in [2.75, 3.05) is 20.6 Å². The summed E-state index contributed by atoms with van der Waals surface area (Å²) in [7, 11) is 3.62. The van der Waals surface area contributed by atoms with Crippen molar-refractivity contribution in [2.24, 2.45) is 0 Å². The van der Waals surface area contributed by atoms with Gasteiger partial charge in [0.15, 0.2) is 0 Å². The van der Waals surface area contributed by atoms with Crippen molar-refractivity contribution < 1.29 is 4.79 Å². The van der Waals surface area contributed by atoms with Crippen LogP contribution < -0.4 is 10.6 Å². The van der Waals surface area contributed by atoms with Crippen LogP contribution in [0.2, 0.25) is 0 Å². The summed E-state index contributed by atoms with van der Waals surface area (Å²) in [5.74, 6) is 0.121. The van der Waals surface area contributed by atoms with Crippen molar-refractivity contribution in [3.05, 3.63) is 71.8 Å². The van der Waals surface area contributed by atoms with Crippen LogP contribution in [-0.4, -0.2) is 43.5 Å². The molecule has 1 aliphatic rings. The van der Waals surface area contributed by atoms with Gasteiger partial charge in [-0.05, 0) is 17.5 Å². The van der Waals surface area contributed by atoms with Crippen LogP contribution in [-0.2, 0) is 11.2 Å². The van der Waals surface area contributed by atoms with Crippen molar-refractivity contribution >= 4 is 5.91 Å². The molecule has 1 aliphatic heterocycles. The van der Waals surface area contributed by atoms with E-state index in [9.17, 15) is 4.79 Å². The van der Waals surface area contributed by atoms with E-state index in [1.807, 2.05) is 38.4 Å². The van der Waals surface area contributed by atoms with Gasteiger partial charge in [0.05, 0.1) is 6.04 Å². The average Bonchev–Trinajstić information content (AvgIpc) is 3.39. The van der Waals surface area contributed by atoms with Gasteiger partial charge in [0.1, 0.15) is 0 Å². The quantitative estimate of drug-likeness (QED) is 0.766. The first kappa shape index (κ1) is 16.7. The zero-order valence-corrected chi connectivity index (χ0v) is 14.3. The van der Waals surface area contributed by atoms with E-state index < -0.39 is 0 Å². The van der Waals surface area contributed by atoms with E-state index in [1.165, 1.54) is 11.1 Å². The second-order valence-corrected chi connectivity index (χ2v) is 6.54. The number of rotatable bonds is 7. The number of nitrogens with one attached hydrogen (secondary N) is 2. The number of carbonyl (C=O) groups excluding carboxylic acids is 1. The van der Waals surface area contributed by atoms with E-state index in [1.54, 1.807) is 4.90 Å². The molecule has 2 aromatic carbocycles. The molecule has 1 amide bonds. The third kappa shape index (κ3) is 4.22. The van der Waals surface area contributed by atoms with Crippen LogP contribution in [0.4, 0.5) is 0 Å². The lowest BCUT2D eigenvalue weighted by Crippen LogP contribution is -2.46. The Morgan fingerprint density at radius 2 is 1.71 bits per heavy atom. The Balaban J connectivity index is 1.58. The zero-order valence-electron chi connectivity index (χ0n) is 14.3. The minimum Gasteiger partial charge on any atom is -0.347 e. The molecule has 0 saturated carbocycles. The first-order valence-electron chi connectivity index (χ1n) is 8.44. The molecule has 0 spiro atoms. The summed E-state index contributed by atoms with van der Waals surface area (Å²) in [4.78, 5) is 14.1. The first-order valence-corrected chi connectivity index (χ1v) is 8.44. The predicted molar refractivity (Wildman–Crippen MR) is 96.7 cm³/mol. The molecule has 1 saturated heterocycles. The third-order valence-corrected chi connectivity index (χ3v) is 4.45. The van der Waals surface area contributed by atoms with Crippen LogP contribution in [0.1, 0.15) is 17.2 Å². The van der Waals surface area contributed by atoms with Gasteiger partial charge < -0.3 is 15.5 Å². The summed E-state index contributed by atoms with van der Waals surface area (Å²) >= 11 is 0. The van der Waals surface area contributed by atoms with Gasteiger partial charge in [0.2, 0.25) is 5.91 Å². The molecule has 4 heteroatoms. The van der Waals surface area contributed by atoms with Crippen molar-refractivity contribution in [1.82, 2.24) is 15.5 Å². The van der Waals surface area contributed by atoms with Crippen molar-refractivity contribution in [3.8, 4) is 0 Å². The largest absolute Gasteiger partial charge is 0.347 e. The minimum absolute atomic E-state index is 0.121. The monoisotopic (exact) mass is 323 g/mol. The second-order valence-electron chi connectivity index (χ2n) is 6.54. The van der Waals surface area contributed by atoms with Gasteiger partial charge in [-0.1, -0.05) is 60.7 Å². The number of carbonyl (C=O) groups is 1. The Labute approximate surface area is 143 Å². The smallest absolute Gasteiger partial charge is 0.239 e. The Kier molecular flexibility index (Phi) is 5.28. The predicted octanol–water partition coefficient (Wildman–Crippen LogP) is 1.99. The maximum absolute atomic E-state index is 12.5. The second kappa shape index (κ2) is 7.60. The Morgan fingerprint density at radius 1 is 1.08 bits per heavy atom. The molecular formula is C20H25N3O. The van der Waals surface area contributed by atoms with Gasteiger partial charge in [-0.25, -0.2) is 0 Å². The number of benzene rings is 2. The molecule has 126 valence electrons.